The van der Waals surface area contributed by atoms with E-state index < -0.39 is 10.0 Å². The van der Waals surface area contributed by atoms with Gasteiger partial charge in [-0.3, -0.25) is 4.90 Å². The fourth-order valence-electron chi connectivity index (χ4n) is 3.74. The van der Waals surface area contributed by atoms with Gasteiger partial charge < -0.3 is 5.32 Å². The Balaban J connectivity index is 1.57. The first kappa shape index (κ1) is 20.1. The molecular weight excluding hydrogens is 398 g/mol. The Morgan fingerprint density at radius 1 is 0.967 bits per heavy atom. The average molecular weight is 422 g/mol. The van der Waals surface area contributed by atoms with Gasteiger partial charge in [0.15, 0.2) is 0 Å². The average Bonchev–Trinajstić information content (AvgIpc) is 3.10. The molecule has 0 aliphatic carbocycles. The molecule has 0 radical (unpaired) electrons. The van der Waals surface area contributed by atoms with E-state index in [0.29, 0.717) is 17.8 Å². The van der Waals surface area contributed by atoms with Gasteiger partial charge in [-0.2, -0.15) is 0 Å². The number of nitrogens with one attached hydrogen (secondary N) is 2. The largest absolute Gasteiger partial charge is 0.326 e. The van der Waals surface area contributed by atoms with E-state index in [0.717, 1.165) is 16.7 Å². The fourth-order valence-corrected chi connectivity index (χ4v) is 4.49. The Morgan fingerprint density at radius 3 is 2.30 bits per heavy atom. The number of carbonyl (C=O) groups is 1. The number of hydrogen-bond acceptors (Lipinski definition) is 3. The molecule has 3 aromatic rings. The van der Waals surface area contributed by atoms with Gasteiger partial charge in [0, 0.05) is 11.7 Å². The van der Waals surface area contributed by atoms with Crippen LogP contribution >= 0.6 is 0 Å². The maximum atomic E-state index is 13.0. The summed E-state index contributed by atoms with van der Waals surface area (Å²) in [6.07, 6.45) is 0.676. The van der Waals surface area contributed by atoms with Crippen LogP contribution in [0.15, 0.2) is 77.7 Å². The van der Waals surface area contributed by atoms with Crippen molar-refractivity contribution in [3.8, 4) is 11.1 Å². The van der Waals surface area contributed by atoms with E-state index in [1.54, 1.807) is 23.1 Å². The van der Waals surface area contributed by atoms with Gasteiger partial charge in [-0.25, -0.2) is 17.9 Å². The van der Waals surface area contributed by atoms with Crippen molar-refractivity contribution in [3.63, 3.8) is 0 Å². The molecule has 0 saturated carbocycles. The predicted molar refractivity (Wildman–Crippen MR) is 119 cm³/mol. The Labute approximate surface area is 176 Å². The van der Waals surface area contributed by atoms with Gasteiger partial charge in [-0.05, 0) is 61.3 Å². The van der Waals surface area contributed by atoms with Gasteiger partial charge >= 0.3 is 6.03 Å². The smallest absolute Gasteiger partial charge is 0.308 e. The first-order valence-electron chi connectivity index (χ1n) is 9.71. The summed E-state index contributed by atoms with van der Waals surface area (Å²) in [5.74, 6) is 0. The number of carbonyl (C=O) groups excluding carboxylic acids is 1. The lowest BCUT2D eigenvalue weighted by Crippen LogP contribution is -2.39. The van der Waals surface area contributed by atoms with Crippen molar-refractivity contribution in [2.45, 2.75) is 24.3 Å². The van der Waals surface area contributed by atoms with Crippen molar-refractivity contribution >= 4 is 27.4 Å². The van der Waals surface area contributed by atoms with Gasteiger partial charge in [0.2, 0.25) is 10.0 Å². The van der Waals surface area contributed by atoms with Crippen LogP contribution in [0.4, 0.5) is 16.2 Å². The molecule has 7 heteroatoms. The molecule has 3 aromatic carbocycles. The normalized spacial score (nSPS) is 15.7. The highest BCUT2D eigenvalue weighted by Crippen LogP contribution is 2.34. The van der Waals surface area contributed by atoms with Crippen molar-refractivity contribution in [3.05, 3.63) is 78.4 Å². The molecule has 6 nitrogen and oxygen atoms in total. The van der Waals surface area contributed by atoms with Crippen LogP contribution in [0.5, 0.6) is 0 Å². The molecule has 1 aliphatic heterocycles. The molecule has 0 spiro atoms. The Hall–Kier alpha value is -3.16. The maximum Gasteiger partial charge on any atom is 0.326 e. The second-order valence-electron chi connectivity index (χ2n) is 7.29. The molecule has 0 saturated heterocycles. The lowest BCUT2D eigenvalue weighted by atomic mass is 10.1. The van der Waals surface area contributed by atoms with Crippen molar-refractivity contribution in [2.24, 2.45) is 0 Å². The lowest BCUT2D eigenvalue weighted by molar-refractivity contribution is 0.256. The minimum Gasteiger partial charge on any atom is -0.308 e. The molecule has 2 amide bonds. The molecule has 154 valence electrons. The van der Waals surface area contributed by atoms with E-state index in [4.69, 9.17) is 0 Å². The molecule has 1 atom stereocenters. The van der Waals surface area contributed by atoms with Crippen LogP contribution in [0, 0.1) is 0 Å². The second kappa shape index (κ2) is 7.93. The standard InChI is InChI=1S/C23H23N3O3S/c1-16-14-19-10-13-21(30(28,29)24-2)15-22(19)26(16)23(27)25-20-11-8-18(9-12-20)17-6-4-3-5-7-17/h3-13,15-16,24H,14H2,1-2H3,(H,25,27). The third-order valence-electron chi connectivity index (χ3n) is 5.31. The summed E-state index contributed by atoms with van der Waals surface area (Å²) in [6.45, 7) is 1.95. The molecule has 4 rings (SSSR count). The minimum atomic E-state index is -3.58. The van der Waals surface area contributed by atoms with Crippen molar-refractivity contribution < 1.29 is 13.2 Å². The summed E-state index contributed by atoms with van der Waals surface area (Å²) in [5, 5.41) is 2.93. The van der Waals surface area contributed by atoms with E-state index in [2.05, 4.69) is 10.0 Å². The van der Waals surface area contributed by atoms with E-state index in [1.165, 1.54) is 7.05 Å². The molecule has 30 heavy (non-hydrogen) atoms. The van der Waals surface area contributed by atoms with Crippen LogP contribution in [0.1, 0.15) is 12.5 Å². The molecular formula is C23H23N3O3S. The first-order chi connectivity index (χ1) is 14.4. The van der Waals surface area contributed by atoms with Crippen LogP contribution < -0.4 is 14.9 Å². The molecule has 0 fully saturated rings. The van der Waals surface area contributed by atoms with Gasteiger partial charge in [-0.15, -0.1) is 0 Å². The summed E-state index contributed by atoms with van der Waals surface area (Å²) in [5.41, 5.74) is 4.43. The molecule has 1 unspecified atom stereocenters. The van der Waals surface area contributed by atoms with Gasteiger partial charge in [0.1, 0.15) is 0 Å². The van der Waals surface area contributed by atoms with Crippen LogP contribution in [0.2, 0.25) is 0 Å². The maximum absolute atomic E-state index is 13.0. The number of rotatable bonds is 4. The Morgan fingerprint density at radius 2 is 1.63 bits per heavy atom. The Kier molecular flexibility index (Phi) is 5.32. The quantitative estimate of drug-likeness (QED) is 0.661. The fraction of sp³-hybridized carbons (Fsp3) is 0.174. The van der Waals surface area contributed by atoms with Gasteiger partial charge in [0.25, 0.3) is 0 Å². The highest BCUT2D eigenvalue weighted by Gasteiger charge is 2.32. The Bertz CT molecular complexity index is 1180. The molecule has 1 aliphatic rings. The zero-order chi connectivity index (χ0) is 21.3. The molecule has 0 bridgehead atoms. The summed E-state index contributed by atoms with van der Waals surface area (Å²) >= 11 is 0. The highest BCUT2D eigenvalue weighted by atomic mass is 32.2. The summed E-state index contributed by atoms with van der Waals surface area (Å²) in [6, 6.07) is 22.2. The number of urea groups is 1. The number of fused-ring (bicyclic) bond motifs is 1. The second-order valence-corrected chi connectivity index (χ2v) is 9.18. The van der Waals surface area contributed by atoms with Crippen molar-refractivity contribution in [1.29, 1.82) is 0 Å². The zero-order valence-electron chi connectivity index (χ0n) is 16.8. The summed E-state index contributed by atoms with van der Waals surface area (Å²) in [4.78, 5) is 14.8. The lowest BCUT2D eigenvalue weighted by Gasteiger charge is -2.23. The number of anilines is 2. The van der Waals surface area contributed by atoms with E-state index in [-0.39, 0.29) is 17.0 Å². The van der Waals surface area contributed by atoms with Crippen molar-refractivity contribution in [1.82, 2.24) is 4.72 Å². The minimum absolute atomic E-state index is 0.0730. The monoisotopic (exact) mass is 421 g/mol. The van der Waals surface area contributed by atoms with Crippen LogP contribution in [0.25, 0.3) is 11.1 Å². The number of sulfonamides is 1. The topological polar surface area (TPSA) is 78.5 Å². The van der Waals surface area contributed by atoms with Gasteiger partial charge in [-0.1, -0.05) is 48.5 Å². The number of nitrogens with zero attached hydrogens (tertiary/aromatic N) is 1. The van der Waals surface area contributed by atoms with Crippen LogP contribution in [0.3, 0.4) is 0 Å². The van der Waals surface area contributed by atoms with E-state index >= 15 is 0 Å². The van der Waals surface area contributed by atoms with E-state index in [9.17, 15) is 13.2 Å². The predicted octanol–water partition coefficient (Wildman–Crippen LogP) is 4.24. The zero-order valence-corrected chi connectivity index (χ0v) is 17.6. The summed E-state index contributed by atoms with van der Waals surface area (Å²) < 4.78 is 26.7. The van der Waals surface area contributed by atoms with Crippen molar-refractivity contribution in [2.75, 3.05) is 17.3 Å². The number of amides is 2. The molecule has 2 N–H and O–H groups in total. The first-order valence-corrected chi connectivity index (χ1v) is 11.2. The van der Waals surface area contributed by atoms with Crippen LogP contribution in [-0.4, -0.2) is 27.5 Å². The number of benzene rings is 3. The highest BCUT2D eigenvalue weighted by molar-refractivity contribution is 7.89. The van der Waals surface area contributed by atoms with Gasteiger partial charge in [0.05, 0.1) is 10.6 Å². The SMILES string of the molecule is CNS(=O)(=O)c1ccc2c(c1)N(C(=O)Nc1ccc(-c3ccccc3)cc1)C(C)C2. The third kappa shape index (κ3) is 3.81. The van der Waals surface area contributed by atoms with E-state index in [1.807, 2.05) is 61.5 Å². The third-order valence-corrected chi connectivity index (χ3v) is 6.73. The summed E-state index contributed by atoms with van der Waals surface area (Å²) in [7, 11) is -2.21. The molecule has 1 heterocycles. The molecule has 0 aromatic heterocycles. The van der Waals surface area contributed by atoms with Crippen LogP contribution in [-0.2, 0) is 16.4 Å². The number of hydrogen-bond donors (Lipinski definition) is 2.